The summed E-state index contributed by atoms with van der Waals surface area (Å²) in [6, 6.07) is 3.83. The molecule has 1 aromatic carbocycles. The summed E-state index contributed by atoms with van der Waals surface area (Å²) in [4.78, 5) is 0. The second kappa shape index (κ2) is 9.85. The van der Waals surface area contributed by atoms with Gasteiger partial charge in [-0.05, 0) is 44.4 Å². The monoisotopic (exact) mass is 299 g/mol. The van der Waals surface area contributed by atoms with Gasteiger partial charge < -0.3 is 10.1 Å². The average Bonchev–Trinajstić information content (AvgIpc) is 2.45. The van der Waals surface area contributed by atoms with Crippen molar-refractivity contribution in [1.82, 2.24) is 5.32 Å². The molecule has 0 bridgehead atoms. The molecule has 4 heteroatoms. The van der Waals surface area contributed by atoms with Crippen molar-refractivity contribution in [2.75, 3.05) is 13.2 Å². The topological polar surface area (TPSA) is 21.3 Å². The highest BCUT2D eigenvalue weighted by Gasteiger charge is 2.22. The number of hydrogen-bond donors (Lipinski definition) is 1. The van der Waals surface area contributed by atoms with Gasteiger partial charge in [0.05, 0.1) is 6.10 Å². The lowest BCUT2D eigenvalue weighted by molar-refractivity contribution is 0.0280. The number of ether oxygens (including phenoxy) is 1. The third-order valence-electron chi connectivity index (χ3n) is 3.51. The largest absolute Gasteiger partial charge is 0.377 e. The fourth-order valence-corrected chi connectivity index (χ4v) is 2.49. The number of halogens is 2. The Morgan fingerprint density at radius 2 is 1.90 bits per heavy atom. The Morgan fingerprint density at radius 3 is 2.48 bits per heavy atom. The molecule has 0 aliphatic rings. The van der Waals surface area contributed by atoms with Crippen LogP contribution in [0.2, 0.25) is 0 Å². The Labute approximate surface area is 126 Å². The van der Waals surface area contributed by atoms with Crippen LogP contribution in [0.15, 0.2) is 18.2 Å². The van der Waals surface area contributed by atoms with Gasteiger partial charge in [-0.3, -0.25) is 0 Å². The van der Waals surface area contributed by atoms with Crippen molar-refractivity contribution < 1.29 is 13.5 Å². The minimum absolute atomic E-state index is 0.0461. The smallest absolute Gasteiger partial charge is 0.129 e. The van der Waals surface area contributed by atoms with Gasteiger partial charge in [0.15, 0.2) is 0 Å². The Morgan fingerprint density at radius 1 is 1.14 bits per heavy atom. The SMILES string of the molecule is CCCNC(Cc1ccc(F)cc1F)C(CCC)OCC. The maximum atomic E-state index is 13.9. The van der Waals surface area contributed by atoms with Gasteiger partial charge in [-0.15, -0.1) is 0 Å². The molecular formula is C17H27F2NO. The van der Waals surface area contributed by atoms with Gasteiger partial charge in [-0.2, -0.15) is 0 Å². The van der Waals surface area contributed by atoms with E-state index in [2.05, 4.69) is 19.2 Å². The van der Waals surface area contributed by atoms with Crippen LogP contribution in [0.25, 0.3) is 0 Å². The molecular weight excluding hydrogens is 272 g/mol. The number of benzene rings is 1. The molecule has 21 heavy (non-hydrogen) atoms. The molecule has 0 saturated heterocycles. The van der Waals surface area contributed by atoms with Crippen molar-refractivity contribution in [3.8, 4) is 0 Å². The van der Waals surface area contributed by atoms with Crippen molar-refractivity contribution in [3.63, 3.8) is 0 Å². The molecule has 2 unspecified atom stereocenters. The van der Waals surface area contributed by atoms with Crippen molar-refractivity contribution >= 4 is 0 Å². The number of hydrogen-bond acceptors (Lipinski definition) is 2. The Hall–Kier alpha value is -1.00. The zero-order valence-electron chi connectivity index (χ0n) is 13.3. The van der Waals surface area contributed by atoms with Gasteiger partial charge in [0.1, 0.15) is 11.6 Å². The maximum Gasteiger partial charge on any atom is 0.129 e. The Balaban J connectivity index is 2.84. The van der Waals surface area contributed by atoms with Crippen LogP contribution in [-0.4, -0.2) is 25.3 Å². The number of nitrogens with one attached hydrogen (secondary N) is 1. The van der Waals surface area contributed by atoms with Gasteiger partial charge >= 0.3 is 0 Å². The third kappa shape index (κ3) is 6.10. The fourth-order valence-electron chi connectivity index (χ4n) is 2.49. The molecule has 2 nitrogen and oxygen atoms in total. The molecule has 0 aromatic heterocycles. The molecule has 0 radical (unpaired) electrons. The van der Waals surface area contributed by atoms with Gasteiger partial charge in [0.2, 0.25) is 0 Å². The van der Waals surface area contributed by atoms with Crippen molar-refractivity contribution in [2.24, 2.45) is 0 Å². The van der Waals surface area contributed by atoms with Gasteiger partial charge in [0.25, 0.3) is 0 Å². The zero-order chi connectivity index (χ0) is 15.7. The predicted molar refractivity (Wildman–Crippen MR) is 82.5 cm³/mol. The Bertz CT molecular complexity index is 406. The average molecular weight is 299 g/mol. The van der Waals surface area contributed by atoms with E-state index in [1.807, 2.05) is 6.92 Å². The maximum absolute atomic E-state index is 13.9. The third-order valence-corrected chi connectivity index (χ3v) is 3.51. The first-order chi connectivity index (χ1) is 10.1. The quantitative estimate of drug-likeness (QED) is 0.703. The number of rotatable bonds is 10. The van der Waals surface area contributed by atoms with Crippen LogP contribution in [0.1, 0.15) is 45.6 Å². The highest BCUT2D eigenvalue weighted by Crippen LogP contribution is 2.17. The van der Waals surface area contributed by atoms with E-state index >= 15 is 0 Å². The summed E-state index contributed by atoms with van der Waals surface area (Å²) in [5.41, 5.74) is 0.533. The van der Waals surface area contributed by atoms with Crippen LogP contribution in [-0.2, 0) is 11.2 Å². The second-order valence-corrected chi connectivity index (χ2v) is 5.28. The molecule has 0 aliphatic heterocycles. The minimum atomic E-state index is -0.538. The lowest BCUT2D eigenvalue weighted by atomic mass is 9.97. The molecule has 0 saturated carbocycles. The van der Waals surface area contributed by atoms with Crippen molar-refractivity contribution in [1.29, 1.82) is 0 Å². The standard InChI is InChI=1S/C17H27F2NO/c1-4-7-17(21-6-3)16(20-10-5-2)11-13-8-9-14(18)12-15(13)19/h8-9,12,16-17,20H,4-7,10-11H2,1-3H3. The second-order valence-electron chi connectivity index (χ2n) is 5.28. The van der Waals surface area contributed by atoms with Crippen LogP contribution in [0.4, 0.5) is 8.78 Å². The van der Waals surface area contributed by atoms with Gasteiger partial charge in [0, 0.05) is 18.7 Å². The summed E-state index contributed by atoms with van der Waals surface area (Å²) in [5, 5.41) is 3.44. The summed E-state index contributed by atoms with van der Waals surface area (Å²) in [5.74, 6) is -1.02. The van der Waals surface area contributed by atoms with Crippen LogP contribution < -0.4 is 5.32 Å². The van der Waals surface area contributed by atoms with Gasteiger partial charge in [-0.25, -0.2) is 8.78 Å². The summed E-state index contributed by atoms with van der Waals surface area (Å²) in [7, 11) is 0. The van der Waals surface area contributed by atoms with Crippen molar-refractivity contribution in [2.45, 2.75) is 58.6 Å². The first-order valence-electron chi connectivity index (χ1n) is 7.91. The van der Waals surface area contributed by atoms with Crippen LogP contribution >= 0.6 is 0 Å². The Kier molecular flexibility index (Phi) is 8.47. The van der Waals surface area contributed by atoms with E-state index in [1.54, 1.807) is 0 Å². The van der Waals surface area contributed by atoms with E-state index in [4.69, 9.17) is 4.74 Å². The van der Waals surface area contributed by atoms with Crippen LogP contribution in [0.3, 0.4) is 0 Å². The molecule has 2 atom stereocenters. The summed E-state index contributed by atoms with van der Waals surface area (Å²) in [6.07, 6.45) is 3.51. The molecule has 120 valence electrons. The van der Waals surface area contributed by atoms with E-state index in [-0.39, 0.29) is 12.1 Å². The molecule has 0 amide bonds. The summed E-state index contributed by atoms with van der Waals surface area (Å²) in [6.45, 7) is 7.68. The molecule has 1 N–H and O–H groups in total. The summed E-state index contributed by atoms with van der Waals surface area (Å²) >= 11 is 0. The zero-order valence-corrected chi connectivity index (χ0v) is 13.3. The molecule has 0 heterocycles. The highest BCUT2D eigenvalue weighted by atomic mass is 19.1. The molecule has 1 aromatic rings. The molecule has 1 rings (SSSR count). The first-order valence-corrected chi connectivity index (χ1v) is 7.91. The van der Waals surface area contributed by atoms with E-state index in [0.717, 1.165) is 31.9 Å². The lowest BCUT2D eigenvalue weighted by Gasteiger charge is -2.28. The first kappa shape index (κ1) is 18.1. The van der Waals surface area contributed by atoms with Crippen LogP contribution in [0, 0.1) is 11.6 Å². The normalized spacial score (nSPS) is 14.1. The lowest BCUT2D eigenvalue weighted by Crippen LogP contribution is -2.43. The van der Waals surface area contributed by atoms with Crippen LogP contribution in [0.5, 0.6) is 0 Å². The molecule has 0 aliphatic carbocycles. The van der Waals surface area contributed by atoms with E-state index in [0.29, 0.717) is 18.6 Å². The molecule has 0 spiro atoms. The predicted octanol–water partition coefficient (Wildman–Crippen LogP) is 4.08. The highest BCUT2D eigenvalue weighted by molar-refractivity contribution is 5.20. The minimum Gasteiger partial charge on any atom is -0.377 e. The van der Waals surface area contributed by atoms with E-state index < -0.39 is 11.6 Å². The van der Waals surface area contributed by atoms with E-state index in [9.17, 15) is 8.78 Å². The van der Waals surface area contributed by atoms with Crippen molar-refractivity contribution in [3.05, 3.63) is 35.4 Å². The van der Waals surface area contributed by atoms with E-state index in [1.165, 1.54) is 12.1 Å². The fraction of sp³-hybridized carbons (Fsp3) is 0.647. The molecule has 0 fully saturated rings. The van der Waals surface area contributed by atoms with Gasteiger partial charge in [-0.1, -0.05) is 26.3 Å². The summed E-state index contributed by atoms with van der Waals surface area (Å²) < 4.78 is 32.7.